The van der Waals surface area contributed by atoms with Crippen LogP contribution in [0.1, 0.15) is 12.8 Å². The summed E-state index contributed by atoms with van der Waals surface area (Å²) in [7, 11) is -2.40. The fraction of sp³-hybridized carbons (Fsp3) is 0.538. The molecule has 8 heteroatoms. The second kappa shape index (κ2) is 6.40. The fourth-order valence-electron chi connectivity index (χ4n) is 2.26. The van der Waals surface area contributed by atoms with Crippen LogP contribution < -0.4 is 0 Å². The average Bonchev–Trinajstić information content (AvgIpc) is 2.42. The number of nitrogens with zero attached hydrogens (tertiary/aromatic N) is 1. The molecule has 0 aromatic heterocycles. The Hall–Kier alpha value is -0.370. The van der Waals surface area contributed by atoms with Crippen molar-refractivity contribution < 1.29 is 18.3 Å². The SMILES string of the molecule is CN(CC1(O)CCOCC1)S(=O)(=O)c1cccc(Cl)c1Cl. The van der Waals surface area contributed by atoms with E-state index in [1.807, 2.05) is 0 Å². The van der Waals surface area contributed by atoms with E-state index in [1.54, 1.807) is 0 Å². The Morgan fingerprint density at radius 2 is 1.95 bits per heavy atom. The Morgan fingerprint density at radius 3 is 2.57 bits per heavy atom. The Labute approximate surface area is 134 Å². The second-order valence-electron chi connectivity index (χ2n) is 5.15. The van der Waals surface area contributed by atoms with Crippen LogP contribution >= 0.6 is 23.2 Å². The zero-order chi connectivity index (χ0) is 15.7. The molecule has 21 heavy (non-hydrogen) atoms. The number of ether oxygens (including phenoxy) is 1. The molecule has 0 spiro atoms. The molecule has 118 valence electrons. The molecule has 5 nitrogen and oxygen atoms in total. The number of benzene rings is 1. The van der Waals surface area contributed by atoms with Gasteiger partial charge >= 0.3 is 0 Å². The highest BCUT2D eigenvalue weighted by Gasteiger charge is 2.35. The first kappa shape index (κ1) is 17.0. The quantitative estimate of drug-likeness (QED) is 0.900. The summed E-state index contributed by atoms with van der Waals surface area (Å²) in [5.74, 6) is 0. The molecule has 0 aliphatic carbocycles. The van der Waals surface area contributed by atoms with Crippen molar-refractivity contribution in [3.63, 3.8) is 0 Å². The molecule has 1 saturated heterocycles. The number of likely N-dealkylation sites (N-methyl/N-ethyl adjacent to an activating group) is 1. The van der Waals surface area contributed by atoms with E-state index in [0.717, 1.165) is 4.31 Å². The monoisotopic (exact) mass is 353 g/mol. The molecule has 0 unspecified atom stereocenters. The topological polar surface area (TPSA) is 66.8 Å². The molecule has 1 aromatic carbocycles. The van der Waals surface area contributed by atoms with Gasteiger partial charge in [-0.25, -0.2) is 8.42 Å². The van der Waals surface area contributed by atoms with Gasteiger partial charge in [-0.3, -0.25) is 0 Å². The lowest BCUT2D eigenvalue weighted by molar-refractivity contribution is -0.0689. The average molecular weight is 354 g/mol. The Bertz CT molecular complexity index is 615. The van der Waals surface area contributed by atoms with E-state index in [-0.39, 0.29) is 21.5 Å². The van der Waals surface area contributed by atoms with Crippen LogP contribution in [0.2, 0.25) is 10.0 Å². The molecule has 1 aromatic rings. The van der Waals surface area contributed by atoms with E-state index in [1.165, 1.54) is 25.2 Å². The maximum absolute atomic E-state index is 12.6. The number of hydrogen-bond acceptors (Lipinski definition) is 4. The van der Waals surface area contributed by atoms with Gasteiger partial charge in [-0.2, -0.15) is 4.31 Å². The maximum Gasteiger partial charge on any atom is 0.244 e. The van der Waals surface area contributed by atoms with Crippen molar-refractivity contribution in [3.8, 4) is 0 Å². The first-order valence-corrected chi connectivity index (χ1v) is 8.66. The standard InChI is InChI=1S/C13H17Cl2NO4S/c1-16(9-13(17)5-7-20-8-6-13)21(18,19)11-4-2-3-10(14)12(11)15/h2-4,17H,5-9H2,1H3. The molecule has 2 rings (SSSR count). The van der Waals surface area contributed by atoms with Crippen molar-refractivity contribution in [1.29, 1.82) is 0 Å². The van der Waals surface area contributed by atoms with E-state index in [2.05, 4.69) is 0 Å². The van der Waals surface area contributed by atoms with Crippen molar-refractivity contribution >= 4 is 33.2 Å². The normalized spacial score (nSPS) is 18.9. The Morgan fingerprint density at radius 1 is 1.33 bits per heavy atom. The minimum absolute atomic E-state index is 0.00927. The lowest BCUT2D eigenvalue weighted by Crippen LogP contribution is -2.47. The van der Waals surface area contributed by atoms with Crippen LogP contribution in [-0.2, 0) is 14.8 Å². The third-order valence-corrected chi connectivity index (χ3v) is 6.32. The summed E-state index contributed by atoms with van der Waals surface area (Å²) in [5, 5.41) is 10.6. The minimum Gasteiger partial charge on any atom is -0.388 e. The molecule has 1 aliphatic heterocycles. The predicted octanol–water partition coefficient (Wildman–Crippen LogP) is 2.16. The second-order valence-corrected chi connectivity index (χ2v) is 7.95. The van der Waals surface area contributed by atoms with Crippen molar-refractivity contribution in [2.24, 2.45) is 0 Å². The summed E-state index contributed by atoms with van der Waals surface area (Å²) >= 11 is 11.8. The maximum atomic E-state index is 12.6. The van der Waals surface area contributed by atoms with Crippen LogP contribution in [-0.4, -0.2) is 50.2 Å². The largest absolute Gasteiger partial charge is 0.388 e. The number of sulfonamides is 1. The van der Waals surface area contributed by atoms with Crippen LogP contribution in [0.15, 0.2) is 23.1 Å². The molecule has 1 fully saturated rings. The summed E-state index contributed by atoms with van der Waals surface area (Å²) in [6.07, 6.45) is 0.798. The first-order chi connectivity index (χ1) is 9.76. The van der Waals surface area contributed by atoms with E-state index < -0.39 is 15.6 Å². The van der Waals surface area contributed by atoms with Crippen LogP contribution in [0, 0.1) is 0 Å². The highest BCUT2D eigenvalue weighted by molar-refractivity contribution is 7.89. The zero-order valence-electron chi connectivity index (χ0n) is 11.6. The highest BCUT2D eigenvalue weighted by Crippen LogP contribution is 2.31. The van der Waals surface area contributed by atoms with E-state index in [0.29, 0.717) is 26.1 Å². The molecule has 1 N–H and O–H groups in total. The lowest BCUT2D eigenvalue weighted by Gasteiger charge is -2.35. The van der Waals surface area contributed by atoms with Gasteiger partial charge in [0.15, 0.2) is 0 Å². The molecule has 0 radical (unpaired) electrons. The number of halogens is 2. The third-order valence-electron chi connectivity index (χ3n) is 3.54. The van der Waals surface area contributed by atoms with Crippen molar-refractivity contribution in [2.75, 3.05) is 26.8 Å². The number of hydrogen-bond donors (Lipinski definition) is 1. The van der Waals surface area contributed by atoms with Gasteiger partial charge in [0.1, 0.15) is 4.90 Å². The van der Waals surface area contributed by atoms with Gasteiger partial charge in [-0.15, -0.1) is 0 Å². The summed E-state index contributed by atoms with van der Waals surface area (Å²) in [4.78, 5) is -0.0603. The molecule has 0 amide bonds. The highest BCUT2D eigenvalue weighted by atomic mass is 35.5. The molecule has 0 bridgehead atoms. The zero-order valence-corrected chi connectivity index (χ0v) is 13.9. The summed E-state index contributed by atoms with van der Waals surface area (Å²) in [6, 6.07) is 4.45. The third kappa shape index (κ3) is 3.70. The van der Waals surface area contributed by atoms with Crippen molar-refractivity contribution in [3.05, 3.63) is 28.2 Å². The van der Waals surface area contributed by atoms with Crippen LogP contribution in [0.3, 0.4) is 0 Å². The van der Waals surface area contributed by atoms with Crippen LogP contribution in [0.5, 0.6) is 0 Å². The van der Waals surface area contributed by atoms with Gasteiger partial charge in [0.2, 0.25) is 10.0 Å². The Balaban J connectivity index is 2.24. The molecule has 1 aliphatic rings. The fourth-order valence-corrected chi connectivity index (χ4v) is 4.24. The molecule has 0 atom stereocenters. The Kier molecular flexibility index (Phi) is 5.18. The van der Waals surface area contributed by atoms with Crippen molar-refractivity contribution in [2.45, 2.75) is 23.3 Å². The number of aliphatic hydroxyl groups is 1. The smallest absolute Gasteiger partial charge is 0.244 e. The van der Waals surface area contributed by atoms with E-state index in [9.17, 15) is 13.5 Å². The first-order valence-electron chi connectivity index (χ1n) is 6.47. The van der Waals surface area contributed by atoms with Gasteiger partial charge in [0.25, 0.3) is 0 Å². The van der Waals surface area contributed by atoms with Crippen LogP contribution in [0.4, 0.5) is 0 Å². The molecule has 1 heterocycles. The van der Waals surface area contributed by atoms with Gasteiger partial charge in [-0.05, 0) is 12.1 Å². The summed E-state index contributed by atoms with van der Waals surface area (Å²) < 4.78 is 31.4. The van der Waals surface area contributed by atoms with E-state index in [4.69, 9.17) is 27.9 Å². The molecule has 0 saturated carbocycles. The van der Waals surface area contributed by atoms with Gasteiger partial charge in [0.05, 0.1) is 15.6 Å². The molecular formula is C13H17Cl2NO4S. The van der Waals surface area contributed by atoms with Gasteiger partial charge in [-0.1, -0.05) is 29.3 Å². The predicted molar refractivity (Wildman–Crippen MR) is 81.3 cm³/mol. The minimum atomic E-state index is -3.81. The van der Waals surface area contributed by atoms with Gasteiger partial charge in [0, 0.05) is 39.6 Å². The van der Waals surface area contributed by atoms with E-state index >= 15 is 0 Å². The van der Waals surface area contributed by atoms with Crippen LogP contribution in [0.25, 0.3) is 0 Å². The number of rotatable bonds is 4. The van der Waals surface area contributed by atoms with Crippen molar-refractivity contribution in [1.82, 2.24) is 4.31 Å². The lowest BCUT2D eigenvalue weighted by atomic mass is 9.95. The summed E-state index contributed by atoms with van der Waals surface area (Å²) in [5.41, 5.74) is -1.08. The summed E-state index contributed by atoms with van der Waals surface area (Å²) in [6.45, 7) is 0.826. The van der Waals surface area contributed by atoms with Gasteiger partial charge < -0.3 is 9.84 Å². The molecular weight excluding hydrogens is 337 g/mol.